The third-order valence-electron chi connectivity index (χ3n) is 3.75. The third kappa shape index (κ3) is 3.57. The Bertz CT molecular complexity index is 871. The Morgan fingerprint density at radius 1 is 1.15 bits per heavy atom. The Hall–Kier alpha value is -2.80. The quantitative estimate of drug-likeness (QED) is 0.344. The monoisotopic (exact) mass is 379 g/mol. The van der Waals surface area contributed by atoms with E-state index in [0.717, 1.165) is 0 Å². The normalized spacial score (nSPS) is 10.3. The van der Waals surface area contributed by atoms with Gasteiger partial charge in [0.05, 0.1) is 26.4 Å². The molecule has 0 aliphatic rings. The number of nitrogens with one attached hydrogen (secondary N) is 1. The fourth-order valence-electron chi connectivity index (χ4n) is 2.63. The van der Waals surface area contributed by atoms with E-state index in [9.17, 15) is 14.4 Å². The second kappa shape index (κ2) is 8.05. The minimum atomic E-state index is -1.18. The first-order chi connectivity index (χ1) is 12.3. The molecule has 0 saturated heterocycles. The van der Waals surface area contributed by atoms with Gasteiger partial charge in [0.15, 0.2) is 0 Å². The largest absolute Gasteiger partial charge is 0.497 e. The van der Waals surface area contributed by atoms with Gasteiger partial charge in [-0.15, -0.1) is 0 Å². The summed E-state index contributed by atoms with van der Waals surface area (Å²) in [6.07, 6.45) is 0. The molecule has 2 aromatic rings. The van der Waals surface area contributed by atoms with E-state index in [1.807, 2.05) is 0 Å². The van der Waals surface area contributed by atoms with Crippen molar-refractivity contribution in [2.24, 2.45) is 0 Å². The molecule has 0 spiro atoms. The lowest BCUT2D eigenvalue weighted by Gasteiger charge is -2.13. The van der Waals surface area contributed by atoms with Crippen LogP contribution in [0.15, 0.2) is 18.2 Å². The number of methoxy groups -OCH3 is 2. The van der Waals surface area contributed by atoms with Crippen LogP contribution in [-0.2, 0) is 9.53 Å². The highest BCUT2D eigenvalue weighted by molar-refractivity contribution is 6.83. The van der Waals surface area contributed by atoms with Crippen LogP contribution in [0.5, 0.6) is 11.5 Å². The van der Waals surface area contributed by atoms with Gasteiger partial charge in [-0.05, 0) is 43.6 Å². The highest BCUT2D eigenvalue weighted by atomic mass is 35.5. The molecule has 138 valence electrons. The van der Waals surface area contributed by atoms with E-state index in [2.05, 4.69) is 4.98 Å². The second-order valence-corrected chi connectivity index (χ2v) is 5.61. The topological polar surface area (TPSA) is 94.7 Å². The number of halogens is 1. The van der Waals surface area contributed by atoms with Crippen LogP contribution in [0.4, 0.5) is 0 Å². The molecule has 1 aromatic carbocycles. The van der Waals surface area contributed by atoms with Crippen LogP contribution in [0.3, 0.4) is 0 Å². The number of rotatable bonds is 7. The molecule has 2 rings (SSSR count). The molecule has 1 heterocycles. The van der Waals surface area contributed by atoms with Crippen LogP contribution < -0.4 is 9.47 Å². The number of esters is 1. The van der Waals surface area contributed by atoms with Gasteiger partial charge in [-0.25, -0.2) is 4.79 Å². The summed E-state index contributed by atoms with van der Waals surface area (Å²) in [5.74, 6) is -0.746. The zero-order valence-electron chi connectivity index (χ0n) is 14.8. The summed E-state index contributed by atoms with van der Waals surface area (Å²) in [4.78, 5) is 39.0. The molecule has 0 amide bonds. The lowest BCUT2D eigenvalue weighted by molar-refractivity contribution is -0.108. The SMILES string of the molecule is CCOC(=O)c1c(C)[nH]c(C(=O)C(=O)Cl)c1-c1cc(OC)ccc1OC. The minimum absolute atomic E-state index is 0.114. The molecule has 0 fully saturated rings. The zero-order chi connectivity index (χ0) is 19.4. The lowest BCUT2D eigenvalue weighted by atomic mass is 9.97. The summed E-state index contributed by atoms with van der Waals surface area (Å²) in [6, 6.07) is 4.89. The highest BCUT2D eigenvalue weighted by Gasteiger charge is 2.30. The van der Waals surface area contributed by atoms with Crippen molar-refractivity contribution in [3.8, 4) is 22.6 Å². The number of Topliss-reactive ketones (excluding diaryl/α,β-unsaturated/α-hetero) is 1. The van der Waals surface area contributed by atoms with Crippen LogP contribution in [-0.4, -0.2) is 42.8 Å². The van der Waals surface area contributed by atoms with Gasteiger partial charge in [0.1, 0.15) is 17.2 Å². The van der Waals surface area contributed by atoms with Crippen LogP contribution in [0.25, 0.3) is 11.1 Å². The molecule has 1 aromatic heterocycles. The van der Waals surface area contributed by atoms with Gasteiger partial charge in [-0.3, -0.25) is 9.59 Å². The van der Waals surface area contributed by atoms with E-state index >= 15 is 0 Å². The number of H-pyrrole nitrogens is 1. The molecule has 0 unspecified atom stereocenters. The smallest absolute Gasteiger partial charge is 0.340 e. The number of aromatic nitrogens is 1. The van der Waals surface area contributed by atoms with E-state index in [-0.39, 0.29) is 23.4 Å². The highest BCUT2D eigenvalue weighted by Crippen LogP contribution is 2.39. The van der Waals surface area contributed by atoms with E-state index in [1.54, 1.807) is 32.0 Å². The standard InChI is InChI=1S/C18H18ClNO6/c1-5-26-18(23)13-9(2)20-15(16(21)17(19)22)14(13)11-8-10(24-3)6-7-12(11)25-4/h6-8,20H,5H2,1-4H3. The number of aryl methyl sites for hydroxylation is 1. The molecule has 1 N–H and O–H groups in total. The maximum absolute atomic E-state index is 12.5. The maximum Gasteiger partial charge on any atom is 0.340 e. The summed E-state index contributed by atoms with van der Waals surface area (Å²) in [5, 5.41) is -1.18. The van der Waals surface area contributed by atoms with Crippen molar-refractivity contribution in [3.63, 3.8) is 0 Å². The Morgan fingerprint density at radius 3 is 2.38 bits per heavy atom. The van der Waals surface area contributed by atoms with Crippen LogP contribution in [0.1, 0.15) is 33.5 Å². The van der Waals surface area contributed by atoms with Crippen molar-refractivity contribution in [2.75, 3.05) is 20.8 Å². The van der Waals surface area contributed by atoms with Gasteiger partial charge in [-0.1, -0.05) is 0 Å². The number of ether oxygens (including phenoxy) is 3. The molecular weight excluding hydrogens is 362 g/mol. The molecule has 0 aliphatic heterocycles. The van der Waals surface area contributed by atoms with Crippen LogP contribution in [0, 0.1) is 6.92 Å². The fraction of sp³-hybridized carbons (Fsp3) is 0.278. The Balaban J connectivity index is 2.86. The first kappa shape index (κ1) is 19.5. The van der Waals surface area contributed by atoms with E-state index < -0.39 is 17.0 Å². The minimum Gasteiger partial charge on any atom is -0.497 e. The molecule has 0 radical (unpaired) electrons. The number of hydrogen-bond donors (Lipinski definition) is 1. The van der Waals surface area contributed by atoms with Gasteiger partial charge in [0.25, 0.3) is 11.0 Å². The van der Waals surface area contributed by atoms with Crippen molar-refractivity contribution >= 4 is 28.6 Å². The number of benzene rings is 1. The summed E-state index contributed by atoms with van der Waals surface area (Å²) >= 11 is 5.38. The van der Waals surface area contributed by atoms with Crippen molar-refractivity contribution < 1.29 is 28.6 Å². The number of aromatic amines is 1. The predicted octanol–water partition coefficient (Wildman–Crippen LogP) is 3.13. The molecule has 7 nitrogen and oxygen atoms in total. The maximum atomic E-state index is 12.5. The summed E-state index contributed by atoms with van der Waals surface area (Å²) < 4.78 is 15.7. The fourth-order valence-corrected chi connectivity index (χ4v) is 2.73. The Kier molecular flexibility index (Phi) is 6.05. The predicted molar refractivity (Wildman–Crippen MR) is 95.2 cm³/mol. The van der Waals surface area contributed by atoms with Crippen molar-refractivity contribution in [3.05, 3.63) is 35.2 Å². The van der Waals surface area contributed by atoms with Gasteiger partial charge in [-0.2, -0.15) is 0 Å². The van der Waals surface area contributed by atoms with E-state index in [0.29, 0.717) is 22.8 Å². The van der Waals surface area contributed by atoms with Crippen molar-refractivity contribution in [2.45, 2.75) is 13.8 Å². The van der Waals surface area contributed by atoms with Gasteiger partial charge in [0, 0.05) is 16.8 Å². The molecule has 0 saturated carbocycles. The number of carbonyl (C=O) groups excluding carboxylic acids is 3. The molecule has 0 aliphatic carbocycles. The summed E-state index contributed by atoms with van der Waals surface area (Å²) in [7, 11) is 2.93. The summed E-state index contributed by atoms with van der Waals surface area (Å²) in [5.41, 5.74) is 0.942. The molecule has 0 bridgehead atoms. The number of carbonyl (C=O) groups is 3. The average molecular weight is 380 g/mol. The van der Waals surface area contributed by atoms with Crippen LogP contribution in [0.2, 0.25) is 0 Å². The molecular formula is C18H18ClNO6. The Morgan fingerprint density at radius 2 is 1.85 bits per heavy atom. The third-order valence-corrected chi connectivity index (χ3v) is 3.92. The van der Waals surface area contributed by atoms with Gasteiger partial charge < -0.3 is 19.2 Å². The average Bonchev–Trinajstić information content (AvgIpc) is 2.97. The first-order valence-electron chi connectivity index (χ1n) is 7.71. The first-order valence-corrected chi connectivity index (χ1v) is 8.09. The molecule has 8 heteroatoms. The summed E-state index contributed by atoms with van der Waals surface area (Å²) in [6.45, 7) is 3.41. The van der Waals surface area contributed by atoms with E-state index in [4.69, 9.17) is 25.8 Å². The van der Waals surface area contributed by atoms with Crippen LogP contribution >= 0.6 is 11.6 Å². The Labute approximate surface area is 155 Å². The zero-order valence-corrected chi connectivity index (χ0v) is 15.5. The van der Waals surface area contributed by atoms with Crippen molar-refractivity contribution in [1.29, 1.82) is 0 Å². The van der Waals surface area contributed by atoms with Crippen molar-refractivity contribution in [1.82, 2.24) is 4.98 Å². The van der Waals surface area contributed by atoms with E-state index in [1.165, 1.54) is 14.2 Å². The lowest BCUT2D eigenvalue weighted by Crippen LogP contribution is -2.11. The number of hydrogen-bond acceptors (Lipinski definition) is 6. The second-order valence-electron chi connectivity index (χ2n) is 5.26. The van der Waals surface area contributed by atoms with Gasteiger partial charge in [0.2, 0.25) is 0 Å². The molecule has 26 heavy (non-hydrogen) atoms. The number of ketones is 1. The van der Waals surface area contributed by atoms with Gasteiger partial charge >= 0.3 is 5.97 Å². The molecule has 0 atom stereocenters.